The second kappa shape index (κ2) is 20.9. The number of nitrogens with zero attached hydrogens (tertiary/aromatic N) is 2. The predicted octanol–water partition coefficient (Wildman–Crippen LogP) is 7.84. The zero-order valence-electron chi connectivity index (χ0n) is 36.1. The molecule has 0 aromatic heterocycles. The monoisotopic (exact) mass is 889 g/mol. The lowest BCUT2D eigenvalue weighted by Crippen LogP contribution is -2.69. The van der Waals surface area contributed by atoms with Crippen LogP contribution in [0, 0.1) is 23.6 Å². The summed E-state index contributed by atoms with van der Waals surface area (Å²) < 4.78 is 72.1. The van der Waals surface area contributed by atoms with Gasteiger partial charge in [0.2, 0.25) is 28.0 Å². The van der Waals surface area contributed by atoms with Crippen molar-refractivity contribution in [3.8, 4) is 11.5 Å². The molecule has 340 valence electrons. The first-order chi connectivity index (χ1) is 30.5. The van der Waals surface area contributed by atoms with Crippen molar-refractivity contribution in [1.29, 1.82) is 0 Å². The Morgan fingerprint density at radius 2 is 1.81 bits per heavy atom. The third-order valence-electron chi connectivity index (χ3n) is 12.7. The third kappa shape index (κ3) is 10.2. The van der Waals surface area contributed by atoms with Gasteiger partial charge in [-0.3, -0.25) is 4.79 Å². The average molecular weight is 890 g/mol. The van der Waals surface area contributed by atoms with E-state index in [9.17, 15) is 27.8 Å². The lowest BCUT2D eigenvalue weighted by molar-refractivity contribution is -0.250. The Balaban J connectivity index is 1.41. The summed E-state index contributed by atoms with van der Waals surface area (Å²) in [6, 6.07) is 17.0. The maximum Gasteiger partial charge on any atom is 0.243 e. The van der Waals surface area contributed by atoms with Gasteiger partial charge in [-0.05, 0) is 104 Å². The number of hydrogen-bond donors (Lipinski definition) is 3. The fraction of sp³-hybridized carbons (Fsp3) is 0.500. The Morgan fingerprint density at radius 1 is 1.05 bits per heavy atom. The van der Waals surface area contributed by atoms with Crippen LogP contribution in [0.3, 0.4) is 0 Å². The highest BCUT2D eigenvalue weighted by atomic mass is 32.2. The number of oxime groups is 1. The molecule has 0 spiro atoms. The van der Waals surface area contributed by atoms with Crippen LogP contribution < -0.4 is 14.8 Å². The molecule has 15 heteroatoms. The molecular weight excluding hydrogens is 830 g/mol. The fourth-order valence-corrected chi connectivity index (χ4v) is 11.1. The minimum Gasteiger partial charge on any atom is -0.489 e. The van der Waals surface area contributed by atoms with Gasteiger partial charge in [-0.1, -0.05) is 48.3 Å². The molecule has 1 saturated heterocycles. The molecule has 2 fully saturated rings. The number of rotatable bonds is 20. The lowest BCUT2D eigenvalue weighted by Gasteiger charge is -2.59. The van der Waals surface area contributed by atoms with Crippen LogP contribution in [0.4, 0.5) is 10.1 Å². The van der Waals surface area contributed by atoms with Crippen LogP contribution in [-0.4, -0.2) is 86.1 Å². The van der Waals surface area contributed by atoms with Gasteiger partial charge < -0.3 is 39.3 Å². The molecular formula is C48H60FN3O10S. The lowest BCUT2D eigenvalue weighted by atomic mass is 9.55. The zero-order chi connectivity index (χ0) is 44.6. The van der Waals surface area contributed by atoms with Crippen LogP contribution in [0.15, 0.2) is 101 Å². The number of benzene rings is 3. The first-order valence-corrected chi connectivity index (χ1v) is 23.5. The van der Waals surface area contributed by atoms with Crippen molar-refractivity contribution < 1.29 is 51.6 Å². The van der Waals surface area contributed by atoms with Crippen molar-refractivity contribution in [2.75, 3.05) is 38.8 Å². The number of aliphatic hydroxyl groups is 2. The van der Waals surface area contributed by atoms with Crippen LogP contribution in [0.2, 0.25) is 0 Å². The number of allylic oxidation sites excluding steroid dienone is 1. The van der Waals surface area contributed by atoms with Gasteiger partial charge in [0, 0.05) is 62.8 Å². The molecule has 1 amide bonds. The number of hydrogen-bond acceptors (Lipinski definition) is 11. The number of amides is 1. The summed E-state index contributed by atoms with van der Waals surface area (Å²) in [7, 11) is -2.75. The third-order valence-corrected chi connectivity index (χ3v) is 14.6. The summed E-state index contributed by atoms with van der Waals surface area (Å²) in [5, 5.41) is 27.4. The summed E-state index contributed by atoms with van der Waals surface area (Å²) in [4.78, 5) is 18.0. The largest absolute Gasteiger partial charge is 0.489 e. The number of likely N-dealkylation sites (N-methyl/N-ethyl adjacent to an activating group) is 1. The van der Waals surface area contributed by atoms with Crippen molar-refractivity contribution in [3.63, 3.8) is 0 Å². The van der Waals surface area contributed by atoms with Gasteiger partial charge in [0.15, 0.2) is 0 Å². The number of unbranched alkanes of at least 4 members (excludes halogenated alkanes) is 2. The van der Waals surface area contributed by atoms with Crippen LogP contribution >= 0.6 is 0 Å². The Bertz CT molecular complexity index is 2230. The SMILES string of the molecule is C=CCO[C@@]12Oc3ccc(OCc4ccccc4F)cc3[C@H]3[C@H](CCCCO)[C@@H](CCCCO)C=C(C(=NOC4CCCCO4)C[C@@H]1N(C)S(=O)(=O)c1ccc(NC(C)=O)cc1)[C@H]32. The van der Waals surface area contributed by atoms with Gasteiger partial charge in [-0.15, -0.1) is 6.58 Å². The molecule has 7 atom stereocenters. The summed E-state index contributed by atoms with van der Waals surface area (Å²) in [6.45, 7) is 6.00. The van der Waals surface area contributed by atoms with Gasteiger partial charge in [0.25, 0.3) is 0 Å². The molecule has 1 unspecified atom stereocenters. The summed E-state index contributed by atoms with van der Waals surface area (Å²) in [6.07, 6.45) is 9.98. The molecule has 63 heavy (non-hydrogen) atoms. The van der Waals surface area contributed by atoms with E-state index in [4.69, 9.17) is 28.9 Å². The maximum absolute atomic E-state index is 14.9. The Kier molecular flexibility index (Phi) is 15.4. The highest BCUT2D eigenvalue weighted by Crippen LogP contribution is 2.62. The van der Waals surface area contributed by atoms with E-state index >= 15 is 0 Å². The van der Waals surface area contributed by atoms with E-state index in [1.807, 2.05) is 12.1 Å². The Labute approximate surface area is 369 Å². The quantitative estimate of drug-likeness (QED) is 0.0578. The summed E-state index contributed by atoms with van der Waals surface area (Å²) in [5.41, 5.74) is 3.05. The fourth-order valence-electron chi connectivity index (χ4n) is 9.73. The van der Waals surface area contributed by atoms with Gasteiger partial charge in [-0.2, -0.15) is 4.31 Å². The van der Waals surface area contributed by atoms with Gasteiger partial charge >= 0.3 is 0 Å². The molecule has 3 aromatic rings. The zero-order valence-corrected chi connectivity index (χ0v) is 36.9. The smallest absolute Gasteiger partial charge is 0.243 e. The first-order valence-electron chi connectivity index (χ1n) is 22.1. The number of carbonyl (C=O) groups excluding carboxylic acids is 1. The molecule has 0 radical (unpaired) electrons. The van der Waals surface area contributed by atoms with Gasteiger partial charge in [0.1, 0.15) is 23.9 Å². The molecule has 13 nitrogen and oxygen atoms in total. The minimum atomic E-state index is -4.27. The molecule has 4 aliphatic rings. The van der Waals surface area contributed by atoms with E-state index < -0.39 is 34.1 Å². The van der Waals surface area contributed by atoms with Crippen molar-refractivity contribution in [2.24, 2.45) is 22.9 Å². The highest BCUT2D eigenvalue weighted by molar-refractivity contribution is 7.89. The number of ether oxygens (including phenoxy) is 4. The number of halogens is 1. The van der Waals surface area contributed by atoms with Crippen LogP contribution in [0.1, 0.15) is 88.2 Å². The molecule has 2 aliphatic heterocycles. The molecule has 7 rings (SSSR count). The van der Waals surface area contributed by atoms with E-state index in [1.165, 1.54) is 36.5 Å². The van der Waals surface area contributed by atoms with Crippen LogP contribution in [0.5, 0.6) is 11.5 Å². The van der Waals surface area contributed by atoms with Crippen molar-refractivity contribution in [1.82, 2.24) is 4.31 Å². The molecule has 3 aromatic carbocycles. The highest BCUT2D eigenvalue weighted by Gasteiger charge is 2.65. The van der Waals surface area contributed by atoms with Crippen LogP contribution in [0.25, 0.3) is 0 Å². The van der Waals surface area contributed by atoms with Gasteiger partial charge in [0.05, 0.1) is 35.8 Å². The topological polar surface area (TPSA) is 165 Å². The van der Waals surface area contributed by atoms with E-state index in [0.717, 1.165) is 43.2 Å². The second-order valence-electron chi connectivity index (χ2n) is 16.8. The number of anilines is 1. The average Bonchev–Trinajstić information content (AvgIpc) is 3.28. The van der Waals surface area contributed by atoms with E-state index in [-0.39, 0.29) is 67.2 Å². The normalized spacial score (nSPS) is 25.9. The number of fused-ring (bicyclic) bond motifs is 2. The van der Waals surface area contributed by atoms with Gasteiger partial charge in [-0.25, -0.2) is 12.8 Å². The molecule has 3 N–H and O–H groups in total. The molecule has 2 heterocycles. The van der Waals surface area contributed by atoms with Crippen molar-refractivity contribution in [3.05, 3.63) is 108 Å². The predicted molar refractivity (Wildman–Crippen MR) is 236 cm³/mol. The van der Waals surface area contributed by atoms with Crippen molar-refractivity contribution in [2.45, 2.75) is 107 Å². The number of aliphatic hydroxyl groups excluding tert-OH is 2. The molecule has 0 bridgehead atoms. The second-order valence-corrected chi connectivity index (χ2v) is 18.8. The van der Waals surface area contributed by atoms with E-state index in [2.05, 4.69) is 18.0 Å². The maximum atomic E-state index is 14.9. The Morgan fingerprint density at radius 3 is 2.51 bits per heavy atom. The molecule has 2 aliphatic carbocycles. The summed E-state index contributed by atoms with van der Waals surface area (Å²) in [5.74, 6) is -2.38. The molecule has 1 saturated carbocycles. The number of sulfonamides is 1. The minimum absolute atomic E-state index is 0.00327. The van der Waals surface area contributed by atoms with E-state index in [1.54, 1.807) is 42.5 Å². The first kappa shape index (κ1) is 46.4. The van der Waals surface area contributed by atoms with Crippen LogP contribution in [-0.2, 0) is 35.7 Å². The number of nitrogens with one attached hydrogen (secondary N) is 1. The Hall–Kier alpha value is -4.64. The van der Waals surface area contributed by atoms with Crippen molar-refractivity contribution >= 4 is 27.3 Å². The standard InChI is InChI=1S/C48H60FN3O10S/c1-4-26-60-48-44(52(3)63(56,57)37-21-18-35(19-22-37)50-32(2)55)30-42(51-62-45-17-9-12-27-58-45)39-28-33(13-7-10-24-53)38(15-8-11-25-54)46(47(39)48)40-29-36(20-23-43(40)61-48)59-31-34-14-5-6-16-41(34)49/h4-6,14,16,18-23,28-29,33,38,44-47,53-54H,1,7-13,15,17,24-27,30-31H2,2-3H3,(H,50,55)/t33-,38+,44-,45?,46+,47+,48+/m0/s1. The number of carbonyl (C=O) groups is 1. The summed E-state index contributed by atoms with van der Waals surface area (Å²) >= 11 is 0. The van der Waals surface area contributed by atoms with E-state index in [0.29, 0.717) is 60.8 Å².